The summed E-state index contributed by atoms with van der Waals surface area (Å²) in [5.74, 6) is 1.04. The summed E-state index contributed by atoms with van der Waals surface area (Å²) in [6.45, 7) is 3.93. The molecule has 0 atom stereocenters. The Kier molecular flexibility index (Phi) is 8.43. The Morgan fingerprint density at radius 1 is 0.441 bits per heavy atom. The molecule has 0 saturated heterocycles. The molecule has 0 aromatic heterocycles. The SMILES string of the molecule is CC(=O)Oc1ccc(OP(Oc2ccc(OC(C)=O)cc2)Oc2ccc(OC(C)=O)cc2)cc1. The van der Waals surface area contributed by atoms with Gasteiger partial charge in [0.1, 0.15) is 34.5 Å². The quantitative estimate of drug-likeness (QED) is 0.229. The first kappa shape index (κ1) is 24.5. The van der Waals surface area contributed by atoms with E-state index >= 15 is 0 Å². The van der Waals surface area contributed by atoms with Crippen molar-refractivity contribution in [3.63, 3.8) is 0 Å². The molecular weight excluding hydrogens is 463 g/mol. The van der Waals surface area contributed by atoms with E-state index < -0.39 is 26.5 Å². The first-order chi connectivity index (χ1) is 16.3. The lowest BCUT2D eigenvalue weighted by Gasteiger charge is -2.18. The zero-order valence-corrected chi connectivity index (χ0v) is 19.4. The van der Waals surface area contributed by atoms with Crippen LogP contribution in [0.15, 0.2) is 72.8 Å². The van der Waals surface area contributed by atoms with Gasteiger partial charge < -0.3 is 27.8 Å². The highest BCUT2D eigenvalue weighted by molar-refractivity contribution is 7.43. The predicted octanol–water partition coefficient (Wildman–Crippen LogP) is 5.23. The smallest absolute Gasteiger partial charge is 0.427 e. The summed E-state index contributed by atoms with van der Waals surface area (Å²) >= 11 is 0. The van der Waals surface area contributed by atoms with E-state index in [9.17, 15) is 14.4 Å². The molecule has 0 aliphatic carbocycles. The first-order valence-corrected chi connectivity index (χ1v) is 11.1. The Balaban J connectivity index is 1.75. The van der Waals surface area contributed by atoms with E-state index in [4.69, 9.17) is 27.8 Å². The minimum atomic E-state index is -1.99. The van der Waals surface area contributed by atoms with E-state index in [-0.39, 0.29) is 0 Å². The minimum Gasteiger partial charge on any atom is -0.427 e. The van der Waals surface area contributed by atoms with Gasteiger partial charge in [-0.25, -0.2) is 0 Å². The van der Waals surface area contributed by atoms with Gasteiger partial charge >= 0.3 is 26.5 Å². The molecule has 3 rings (SSSR count). The Hall–Kier alpha value is -4.10. The molecule has 0 aliphatic rings. The number of rotatable bonds is 9. The van der Waals surface area contributed by atoms with Crippen molar-refractivity contribution >= 4 is 26.5 Å². The van der Waals surface area contributed by atoms with Crippen LogP contribution >= 0.6 is 8.60 Å². The van der Waals surface area contributed by atoms with Gasteiger partial charge in [-0.15, -0.1) is 0 Å². The average molecular weight is 484 g/mol. The number of benzene rings is 3. The van der Waals surface area contributed by atoms with Crippen molar-refractivity contribution < 1.29 is 42.2 Å². The maximum atomic E-state index is 11.1. The van der Waals surface area contributed by atoms with E-state index in [0.717, 1.165) is 0 Å². The summed E-state index contributed by atoms with van der Waals surface area (Å²) in [4.78, 5) is 33.3. The first-order valence-electron chi connectivity index (χ1n) is 9.96. The maximum Gasteiger partial charge on any atom is 0.530 e. The van der Waals surface area contributed by atoms with Crippen molar-refractivity contribution in [1.82, 2.24) is 0 Å². The molecule has 0 bridgehead atoms. The molecule has 176 valence electrons. The zero-order valence-electron chi connectivity index (χ0n) is 18.5. The summed E-state index contributed by atoms with van der Waals surface area (Å²) in [5.41, 5.74) is 0. The summed E-state index contributed by atoms with van der Waals surface area (Å²) in [6.07, 6.45) is 0. The molecular formula is C24H21O9P. The molecule has 3 aromatic rings. The number of hydrogen-bond acceptors (Lipinski definition) is 9. The van der Waals surface area contributed by atoms with Gasteiger partial charge in [0, 0.05) is 20.8 Å². The van der Waals surface area contributed by atoms with Crippen molar-refractivity contribution in [1.29, 1.82) is 0 Å². The second-order valence-electron chi connectivity index (χ2n) is 6.69. The number of esters is 3. The summed E-state index contributed by atoms with van der Waals surface area (Å²) < 4.78 is 32.7. The molecule has 0 spiro atoms. The average Bonchev–Trinajstić information content (AvgIpc) is 2.77. The third-order valence-corrected chi connectivity index (χ3v) is 4.88. The molecule has 3 aromatic carbocycles. The summed E-state index contributed by atoms with van der Waals surface area (Å²) in [7, 11) is -1.99. The Labute approximate surface area is 197 Å². The van der Waals surface area contributed by atoms with Crippen LogP contribution < -0.4 is 27.8 Å². The molecule has 0 unspecified atom stereocenters. The molecule has 0 amide bonds. The Bertz CT molecular complexity index is 980. The maximum absolute atomic E-state index is 11.1. The van der Waals surface area contributed by atoms with Gasteiger partial charge in [0.25, 0.3) is 0 Å². The number of carbonyl (C=O) groups is 3. The van der Waals surface area contributed by atoms with Crippen molar-refractivity contribution in [2.24, 2.45) is 0 Å². The van der Waals surface area contributed by atoms with Gasteiger partial charge in [0.05, 0.1) is 0 Å². The fourth-order valence-electron chi connectivity index (χ4n) is 2.52. The molecule has 34 heavy (non-hydrogen) atoms. The second-order valence-corrected chi connectivity index (χ2v) is 7.69. The number of hydrogen-bond donors (Lipinski definition) is 0. The highest BCUT2D eigenvalue weighted by Gasteiger charge is 2.20. The van der Waals surface area contributed by atoms with Gasteiger partial charge in [-0.05, 0) is 72.8 Å². The van der Waals surface area contributed by atoms with Crippen LogP contribution in [0.25, 0.3) is 0 Å². The van der Waals surface area contributed by atoms with Gasteiger partial charge in [-0.2, -0.15) is 0 Å². The molecule has 0 radical (unpaired) electrons. The minimum absolute atomic E-state index is 0.369. The third-order valence-electron chi connectivity index (χ3n) is 3.80. The fraction of sp³-hybridized carbons (Fsp3) is 0.125. The topological polar surface area (TPSA) is 107 Å². The lowest BCUT2D eigenvalue weighted by molar-refractivity contribution is -0.132. The molecule has 0 saturated carbocycles. The van der Waals surface area contributed by atoms with Crippen molar-refractivity contribution in [2.75, 3.05) is 0 Å². The Morgan fingerprint density at radius 2 is 0.647 bits per heavy atom. The van der Waals surface area contributed by atoms with Crippen molar-refractivity contribution in [2.45, 2.75) is 20.8 Å². The van der Waals surface area contributed by atoms with E-state index in [2.05, 4.69) is 0 Å². The van der Waals surface area contributed by atoms with Gasteiger partial charge in [-0.3, -0.25) is 14.4 Å². The summed E-state index contributed by atoms with van der Waals surface area (Å²) in [5, 5.41) is 0. The van der Waals surface area contributed by atoms with E-state index in [1.165, 1.54) is 20.8 Å². The van der Waals surface area contributed by atoms with Crippen molar-refractivity contribution in [3.05, 3.63) is 72.8 Å². The van der Waals surface area contributed by atoms with E-state index in [1.54, 1.807) is 72.8 Å². The largest absolute Gasteiger partial charge is 0.530 e. The van der Waals surface area contributed by atoms with Crippen LogP contribution in [0.2, 0.25) is 0 Å². The van der Waals surface area contributed by atoms with E-state index in [0.29, 0.717) is 34.5 Å². The highest BCUT2D eigenvalue weighted by Crippen LogP contribution is 2.43. The standard InChI is InChI=1S/C24H21O9P/c1-16(25)28-19-4-10-22(11-5-19)31-34(32-23-12-6-20(7-13-23)29-17(2)26)33-24-14-8-21(9-15-24)30-18(3)27/h4-15H,1-3H3. The van der Waals surface area contributed by atoms with Crippen LogP contribution in [0, 0.1) is 0 Å². The van der Waals surface area contributed by atoms with Crippen LogP contribution in [-0.2, 0) is 14.4 Å². The molecule has 0 fully saturated rings. The number of carbonyl (C=O) groups excluding carboxylic acids is 3. The highest BCUT2D eigenvalue weighted by atomic mass is 31.2. The summed E-state index contributed by atoms with van der Waals surface area (Å²) in [6, 6.07) is 19.1. The second kappa shape index (κ2) is 11.7. The number of ether oxygens (including phenoxy) is 3. The lowest BCUT2D eigenvalue weighted by Crippen LogP contribution is -2.04. The normalized spacial score (nSPS) is 10.2. The van der Waals surface area contributed by atoms with Crippen LogP contribution in [0.3, 0.4) is 0 Å². The molecule has 0 N–H and O–H groups in total. The molecule has 10 heteroatoms. The fourth-order valence-corrected chi connectivity index (χ4v) is 3.51. The van der Waals surface area contributed by atoms with Crippen LogP contribution in [0.4, 0.5) is 0 Å². The predicted molar refractivity (Wildman–Crippen MR) is 122 cm³/mol. The van der Waals surface area contributed by atoms with Gasteiger partial charge in [0.2, 0.25) is 0 Å². The van der Waals surface area contributed by atoms with Crippen LogP contribution in [0.5, 0.6) is 34.5 Å². The molecule has 0 aliphatic heterocycles. The lowest BCUT2D eigenvalue weighted by atomic mass is 10.3. The Morgan fingerprint density at radius 3 is 0.853 bits per heavy atom. The van der Waals surface area contributed by atoms with Gasteiger partial charge in [0.15, 0.2) is 0 Å². The third kappa shape index (κ3) is 8.11. The monoisotopic (exact) mass is 484 g/mol. The molecule has 9 nitrogen and oxygen atoms in total. The van der Waals surface area contributed by atoms with Gasteiger partial charge in [-0.1, -0.05) is 0 Å². The van der Waals surface area contributed by atoms with E-state index in [1.807, 2.05) is 0 Å². The van der Waals surface area contributed by atoms with Crippen LogP contribution in [-0.4, -0.2) is 17.9 Å². The van der Waals surface area contributed by atoms with Crippen LogP contribution in [0.1, 0.15) is 20.8 Å². The zero-order chi connectivity index (χ0) is 24.5. The molecule has 0 heterocycles. The van der Waals surface area contributed by atoms with Crippen molar-refractivity contribution in [3.8, 4) is 34.5 Å².